The van der Waals surface area contributed by atoms with E-state index < -0.39 is 0 Å². The average Bonchev–Trinajstić information content (AvgIpc) is 3.26. The van der Waals surface area contributed by atoms with Gasteiger partial charge in [0.2, 0.25) is 0 Å². The number of hydrogen-bond acceptors (Lipinski definition) is 6. The molecule has 0 radical (unpaired) electrons. The van der Waals surface area contributed by atoms with Crippen molar-refractivity contribution in [2.24, 2.45) is 0 Å². The zero-order valence-electron chi connectivity index (χ0n) is 18.3. The van der Waals surface area contributed by atoms with Crippen molar-refractivity contribution in [1.29, 1.82) is 0 Å². The molecular formula is C23H29FN6O. The first-order valence-corrected chi connectivity index (χ1v) is 10.8. The molecule has 3 aromatic rings. The molecule has 0 spiro atoms. The molecule has 1 aromatic heterocycles. The molecular weight excluding hydrogens is 395 g/mol. The molecule has 1 saturated heterocycles. The van der Waals surface area contributed by atoms with E-state index in [4.69, 9.17) is 4.74 Å². The van der Waals surface area contributed by atoms with E-state index in [-0.39, 0.29) is 17.9 Å². The molecule has 0 aliphatic carbocycles. The molecule has 1 atom stereocenters. The number of hydrogen-bond donors (Lipinski definition) is 0. The van der Waals surface area contributed by atoms with Gasteiger partial charge in [0.15, 0.2) is 5.82 Å². The highest BCUT2D eigenvalue weighted by atomic mass is 19.1. The van der Waals surface area contributed by atoms with Crippen molar-refractivity contribution in [1.82, 2.24) is 25.1 Å². The maximum atomic E-state index is 13.3. The lowest BCUT2D eigenvalue weighted by molar-refractivity contribution is 0.199. The van der Waals surface area contributed by atoms with Gasteiger partial charge in [-0.1, -0.05) is 12.1 Å². The van der Waals surface area contributed by atoms with E-state index in [0.29, 0.717) is 6.61 Å². The Labute approximate surface area is 182 Å². The van der Waals surface area contributed by atoms with Crippen LogP contribution in [0.5, 0.6) is 5.75 Å². The fraction of sp³-hybridized carbons (Fsp3) is 0.435. The fourth-order valence-corrected chi connectivity index (χ4v) is 4.07. The van der Waals surface area contributed by atoms with E-state index in [0.717, 1.165) is 49.0 Å². The van der Waals surface area contributed by atoms with Gasteiger partial charge in [0.1, 0.15) is 11.6 Å². The van der Waals surface area contributed by atoms with Crippen LogP contribution in [0.1, 0.15) is 44.2 Å². The van der Waals surface area contributed by atoms with Gasteiger partial charge in [0.25, 0.3) is 0 Å². The molecule has 0 unspecified atom stereocenters. The maximum absolute atomic E-state index is 13.3. The summed E-state index contributed by atoms with van der Waals surface area (Å²) in [4.78, 5) is 4.71. The van der Waals surface area contributed by atoms with Gasteiger partial charge in [0.05, 0.1) is 18.7 Å². The van der Waals surface area contributed by atoms with Crippen LogP contribution in [0, 0.1) is 5.82 Å². The van der Waals surface area contributed by atoms with Crippen molar-refractivity contribution in [2.45, 2.75) is 32.9 Å². The highest BCUT2D eigenvalue weighted by Gasteiger charge is 2.31. The number of ether oxygens (including phenoxy) is 1. The molecule has 31 heavy (non-hydrogen) atoms. The molecule has 0 saturated carbocycles. The highest BCUT2D eigenvalue weighted by Crippen LogP contribution is 2.31. The van der Waals surface area contributed by atoms with Gasteiger partial charge in [-0.15, -0.1) is 5.10 Å². The summed E-state index contributed by atoms with van der Waals surface area (Å²) in [5, 5.41) is 12.6. The lowest BCUT2D eigenvalue weighted by Gasteiger charge is -2.40. The monoisotopic (exact) mass is 424 g/mol. The van der Waals surface area contributed by atoms with Crippen LogP contribution >= 0.6 is 0 Å². The number of benzene rings is 2. The fourth-order valence-electron chi connectivity index (χ4n) is 4.07. The van der Waals surface area contributed by atoms with E-state index in [1.165, 1.54) is 12.1 Å². The third-order valence-electron chi connectivity index (χ3n) is 5.63. The third kappa shape index (κ3) is 4.69. The Hall–Kier alpha value is -3.00. The highest BCUT2D eigenvalue weighted by molar-refractivity contribution is 5.46. The molecule has 164 valence electrons. The molecule has 4 rings (SSSR count). The summed E-state index contributed by atoms with van der Waals surface area (Å²) in [6, 6.07) is 15.0. The second kappa shape index (κ2) is 9.43. The number of anilines is 1. The summed E-state index contributed by atoms with van der Waals surface area (Å²) >= 11 is 0. The second-order valence-corrected chi connectivity index (χ2v) is 7.98. The Balaban J connectivity index is 1.59. The second-order valence-electron chi connectivity index (χ2n) is 7.98. The lowest BCUT2D eigenvalue weighted by Crippen LogP contribution is -2.48. The quantitative estimate of drug-likeness (QED) is 0.576. The summed E-state index contributed by atoms with van der Waals surface area (Å²) in [7, 11) is 0. The number of aromatic nitrogens is 4. The molecule has 1 aliphatic heterocycles. The van der Waals surface area contributed by atoms with E-state index in [1.807, 2.05) is 35.9 Å². The summed E-state index contributed by atoms with van der Waals surface area (Å²) < 4.78 is 20.8. The number of rotatable bonds is 7. The smallest absolute Gasteiger partial charge is 0.173 e. The van der Waals surface area contributed by atoms with E-state index in [9.17, 15) is 4.39 Å². The Morgan fingerprint density at radius 1 is 0.968 bits per heavy atom. The van der Waals surface area contributed by atoms with E-state index in [1.54, 1.807) is 0 Å². The Bertz CT molecular complexity index is 964. The number of tetrazole rings is 1. The Morgan fingerprint density at radius 2 is 1.65 bits per heavy atom. The van der Waals surface area contributed by atoms with Crippen molar-refractivity contribution in [2.75, 3.05) is 37.7 Å². The molecule has 0 N–H and O–H groups in total. The summed E-state index contributed by atoms with van der Waals surface area (Å²) in [6.07, 6.45) is 0. The Kier molecular flexibility index (Phi) is 6.46. The Morgan fingerprint density at radius 3 is 2.26 bits per heavy atom. The number of piperazine rings is 1. The first-order valence-electron chi connectivity index (χ1n) is 10.8. The van der Waals surface area contributed by atoms with Crippen LogP contribution in [0.15, 0.2) is 48.5 Å². The van der Waals surface area contributed by atoms with Crippen LogP contribution in [0.4, 0.5) is 10.1 Å². The van der Waals surface area contributed by atoms with Crippen LogP contribution in [-0.2, 0) is 0 Å². The van der Waals surface area contributed by atoms with E-state index in [2.05, 4.69) is 51.3 Å². The zero-order chi connectivity index (χ0) is 21.8. The average molecular weight is 425 g/mol. The van der Waals surface area contributed by atoms with Gasteiger partial charge >= 0.3 is 0 Å². The topological polar surface area (TPSA) is 59.3 Å². The van der Waals surface area contributed by atoms with Gasteiger partial charge in [-0.05, 0) is 73.2 Å². The zero-order valence-corrected chi connectivity index (χ0v) is 18.3. The van der Waals surface area contributed by atoms with Crippen molar-refractivity contribution in [3.63, 3.8) is 0 Å². The van der Waals surface area contributed by atoms with Gasteiger partial charge < -0.3 is 9.64 Å². The van der Waals surface area contributed by atoms with Gasteiger partial charge in [-0.25, -0.2) is 9.07 Å². The number of halogens is 1. The molecule has 0 amide bonds. The van der Waals surface area contributed by atoms with Crippen LogP contribution < -0.4 is 9.64 Å². The minimum Gasteiger partial charge on any atom is -0.494 e. The van der Waals surface area contributed by atoms with Crippen LogP contribution in [0.3, 0.4) is 0 Å². The van der Waals surface area contributed by atoms with Gasteiger partial charge in [-0.3, -0.25) is 4.90 Å². The van der Waals surface area contributed by atoms with Crippen LogP contribution in [0.2, 0.25) is 0 Å². The summed E-state index contributed by atoms with van der Waals surface area (Å²) in [5.74, 6) is 1.49. The summed E-state index contributed by atoms with van der Waals surface area (Å²) in [6.45, 7) is 10.2. The van der Waals surface area contributed by atoms with Crippen LogP contribution in [0.25, 0.3) is 0 Å². The van der Waals surface area contributed by atoms with E-state index >= 15 is 0 Å². The van der Waals surface area contributed by atoms with Crippen molar-refractivity contribution < 1.29 is 9.13 Å². The normalized spacial score (nSPS) is 16.0. The third-order valence-corrected chi connectivity index (χ3v) is 5.63. The molecule has 0 bridgehead atoms. The van der Waals surface area contributed by atoms with Crippen molar-refractivity contribution in [3.05, 3.63) is 65.7 Å². The summed E-state index contributed by atoms with van der Waals surface area (Å²) in [5.41, 5.74) is 2.18. The number of nitrogens with zero attached hydrogens (tertiary/aromatic N) is 6. The molecule has 2 aromatic carbocycles. The predicted octanol–water partition coefficient (Wildman–Crippen LogP) is 3.70. The molecule has 8 heteroatoms. The minimum atomic E-state index is -0.210. The predicted molar refractivity (Wildman–Crippen MR) is 118 cm³/mol. The molecule has 7 nitrogen and oxygen atoms in total. The largest absolute Gasteiger partial charge is 0.494 e. The first-order chi connectivity index (χ1) is 15.1. The van der Waals surface area contributed by atoms with Crippen molar-refractivity contribution in [3.8, 4) is 5.75 Å². The van der Waals surface area contributed by atoms with Gasteiger partial charge in [-0.2, -0.15) is 0 Å². The maximum Gasteiger partial charge on any atom is 0.173 e. The van der Waals surface area contributed by atoms with Gasteiger partial charge in [0, 0.05) is 31.9 Å². The first kappa shape index (κ1) is 21.2. The standard InChI is InChI=1S/C23H29FN6O/c1-4-31-21-11-5-18(6-12-21)22(23-25-26-27-30(23)17(2)3)29-15-13-28(14-16-29)20-9-7-19(24)8-10-20/h5-12,17,22H,4,13-16H2,1-3H3/t22-/m1/s1. The molecule has 1 aliphatic rings. The molecule has 2 heterocycles. The SMILES string of the molecule is CCOc1ccc([C@H](c2nnnn2C(C)C)N2CCN(c3ccc(F)cc3)CC2)cc1. The van der Waals surface area contributed by atoms with Crippen molar-refractivity contribution >= 4 is 5.69 Å². The minimum absolute atomic E-state index is 0.0524. The molecule has 1 fully saturated rings. The lowest BCUT2D eigenvalue weighted by atomic mass is 10.0. The van der Waals surface area contributed by atoms with Crippen LogP contribution in [-0.4, -0.2) is 57.9 Å².